The zero-order valence-corrected chi connectivity index (χ0v) is 10.6. The van der Waals surface area contributed by atoms with Crippen LogP contribution in [0, 0.1) is 0 Å². The molecule has 2 aromatic heterocycles. The number of amides is 1. The maximum atomic E-state index is 11.9. The van der Waals surface area contributed by atoms with Crippen molar-refractivity contribution in [1.82, 2.24) is 15.3 Å². The lowest BCUT2D eigenvalue weighted by molar-refractivity contribution is 0.0939. The fraction of sp³-hybridized carbons (Fsp3) is 0.154. The summed E-state index contributed by atoms with van der Waals surface area (Å²) in [6.07, 6.45) is 3.14. The monoisotopic (exact) mass is 261 g/mol. The van der Waals surface area contributed by atoms with Crippen molar-refractivity contribution in [3.63, 3.8) is 0 Å². The van der Waals surface area contributed by atoms with Gasteiger partial charge in [0.25, 0.3) is 5.91 Å². The van der Waals surface area contributed by atoms with Crippen LogP contribution in [0.1, 0.15) is 29.0 Å². The molecular formula is C13H12ClN3O. The Bertz CT molecular complexity index is 528. The molecule has 92 valence electrons. The molecule has 0 fully saturated rings. The lowest BCUT2D eigenvalue weighted by Gasteiger charge is -2.13. The molecule has 1 unspecified atom stereocenters. The van der Waals surface area contributed by atoms with Crippen molar-refractivity contribution in [2.24, 2.45) is 0 Å². The Hall–Kier alpha value is -1.94. The van der Waals surface area contributed by atoms with Gasteiger partial charge in [0.1, 0.15) is 5.15 Å². The first-order valence-corrected chi connectivity index (χ1v) is 5.88. The number of carbonyl (C=O) groups is 1. The van der Waals surface area contributed by atoms with Gasteiger partial charge in [0.2, 0.25) is 0 Å². The summed E-state index contributed by atoms with van der Waals surface area (Å²) in [6.45, 7) is 1.88. The predicted molar refractivity (Wildman–Crippen MR) is 69.4 cm³/mol. The van der Waals surface area contributed by atoms with E-state index in [0.717, 1.165) is 5.69 Å². The summed E-state index contributed by atoms with van der Waals surface area (Å²) in [5, 5.41) is 3.21. The van der Waals surface area contributed by atoms with Gasteiger partial charge in [-0.3, -0.25) is 9.78 Å². The van der Waals surface area contributed by atoms with Gasteiger partial charge >= 0.3 is 0 Å². The number of hydrogen-bond acceptors (Lipinski definition) is 3. The normalized spacial score (nSPS) is 11.9. The van der Waals surface area contributed by atoms with E-state index in [-0.39, 0.29) is 11.9 Å². The summed E-state index contributed by atoms with van der Waals surface area (Å²) in [5.74, 6) is -0.197. The van der Waals surface area contributed by atoms with E-state index in [0.29, 0.717) is 10.7 Å². The van der Waals surface area contributed by atoms with Crippen molar-refractivity contribution in [3.8, 4) is 0 Å². The van der Waals surface area contributed by atoms with Gasteiger partial charge in [-0.05, 0) is 31.2 Å². The number of aromatic nitrogens is 2. The molecule has 1 N–H and O–H groups in total. The van der Waals surface area contributed by atoms with Gasteiger partial charge in [0.15, 0.2) is 0 Å². The Morgan fingerprint density at radius 3 is 2.72 bits per heavy atom. The third-order valence-corrected chi connectivity index (χ3v) is 2.69. The largest absolute Gasteiger partial charge is 0.344 e. The molecule has 0 spiro atoms. The summed E-state index contributed by atoms with van der Waals surface area (Å²) in [4.78, 5) is 20.0. The molecule has 0 aromatic carbocycles. The van der Waals surface area contributed by atoms with E-state index in [2.05, 4.69) is 15.3 Å². The van der Waals surface area contributed by atoms with Crippen LogP contribution < -0.4 is 5.32 Å². The fourth-order valence-corrected chi connectivity index (χ4v) is 1.61. The van der Waals surface area contributed by atoms with Gasteiger partial charge in [-0.15, -0.1) is 0 Å². The summed E-state index contributed by atoms with van der Waals surface area (Å²) >= 11 is 5.67. The summed E-state index contributed by atoms with van der Waals surface area (Å²) in [7, 11) is 0. The number of carbonyl (C=O) groups excluding carboxylic acids is 1. The summed E-state index contributed by atoms with van der Waals surface area (Å²) in [5.41, 5.74) is 1.29. The third-order valence-electron chi connectivity index (χ3n) is 2.47. The van der Waals surface area contributed by atoms with Crippen LogP contribution in [-0.2, 0) is 0 Å². The van der Waals surface area contributed by atoms with Gasteiger partial charge in [0.05, 0.1) is 17.3 Å². The molecule has 1 amide bonds. The van der Waals surface area contributed by atoms with E-state index in [4.69, 9.17) is 11.6 Å². The smallest absolute Gasteiger partial charge is 0.253 e. The second-order valence-corrected chi connectivity index (χ2v) is 4.21. The Morgan fingerprint density at radius 2 is 2.11 bits per heavy atom. The van der Waals surface area contributed by atoms with Crippen LogP contribution >= 0.6 is 11.6 Å². The van der Waals surface area contributed by atoms with Gasteiger partial charge in [0, 0.05) is 12.4 Å². The van der Waals surface area contributed by atoms with Gasteiger partial charge in [-0.2, -0.15) is 0 Å². The molecule has 0 saturated heterocycles. The number of hydrogen-bond donors (Lipinski definition) is 1. The number of rotatable bonds is 3. The van der Waals surface area contributed by atoms with E-state index in [1.165, 1.54) is 6.20 Å². The molecule has 0 radical (unpaired) electrons. The van der Waals surface area contributed by atoms with Crippen molar-refractivity contribution < 1.29 is 4.79 Å². The van der Waals surface area contributed by atoms with Crippen LogP contribution in [0.25, 0.3) is 0 Å². The van der Waals surface area contributed by atoms with Gasteiger partial charge < -0.3 is 5.32 Å². The van der Waals surface area contributed by atoms with E-state index in [1.54, 1.807) is 18.3 Å². The molecule has 5 heteroatoms. The molecule has 2 heterocycles. The van der Waals surface area contributed by atoms with Crippen molar-refractivity contribution in [3.05, 3.63) is 59.1 Å². The molecular weight excluding hydrogens is 250 g/mol. The maximum absolute atomic E-state index is 11.9. The molecule has 1 atom stereocenters. The van der Waals surface area contributed by atoms with E-state index in [9.17, 15) is 4.79 Å². The second-order valence-electron chi connectivity index (χ2n) is 3.82. The van der Waals surface area contributed by atoms with E-state index in [1.807, 2.05) is 25.1 Å². The zero-order chi connectivity index (χ0) is 13.0. The molecule has 2 aromatic rings. The van der Waals surface area contributed by atoms with Gasteiger partial charge in [-0.25, -0.2) is 4.98 Å². The quantitative estimate of drug-likeness (QED) is 0.864. The average Bonchev–Trinajstić information content (AvgIpc) is 2.40. The van der Waals surface area contributed by atoms with Crippen LogP contribution in [0.5, 0.6) is 0 Å². The number of halogens is 1. The number of pyridine rings is 2. The summed E-state index contributed by atoms with van der Waals surface area (Å²) < 4.78 is 0. The molecule has 0 aliphatic rings. The SMILES string of the molecule is CC(NC(=O)c1ccc(Cl)nc1)c1ccccn1. The Balaban J connectivity index is 2.06. The van der Waals surface area contributed by atoms with Gasteiger partial charge in [-0.1, -0.05) is 17.7 Å². The lowest BCUT2D eigenvalue weighted by Crippen LogP contribution is -2.27. The van der Waals surface area contributed by atoms with Crippen molar-refractivity contribution in [2.45, 2.75) is 13.0 Å². The second kappa shape index (κ2) is 5.60. The van der Waals surface area contributed by atoms with Crippen LogP contribution in [0.2, 0.25) is 5.15 Å². The summed E-state index contributed by atoms with van der Waals surface area (Å²) in [6, 6.07) is 8.65. The van der Waals surface area contributed by atoms with Crippen LogP contribution in [0.15, 0.2) is 42.7 Å². The highest BCUT2D eigenvalue weighted by molar-refractivity contribution is 6.29. The first-order valence-electron chi connectivity index (χ1n) is 5.50. The third kappa shape index (κ3) is 3.05. The first-order chi connectivity index (χ1) is 8.66. The predicted octanol–water partition coefficient (Wildman–Crippen LogP) is 2.62. The minimum absolute atomic E-state index is 0.158. The fourth-order valence-electron chi connectivity index (χ4n) is 1.50. The Labute approximate surface area is 110 Å². The van der Waals surface area contributed by atoms with E-state index >= 15 is 0 Å². The first kappa shape index (κ1) is 12.5. The molecule has 0 saturated carbocycles. The van der Waals surface area contributed by atoms with Crippen molar-refractivity contribution >= 4 is 17.5 Å². The topological polar surface area (TPSA) is 54.9 Å². The minimum Gasteiger partial charge on any atom is -0.344 e. The molecule has 2 rings (SSSR count). The molecule has 0 bridgehead atoms. The molecule has 18 heavy (non-hydrogen) atoms. The highest BCUT2D eigenvalue weighted by Crippen LogP contribution is 2.10. The highest BCUT2D eigenvalue weighted by Gasteiger charge is 2.12. The maximum Gasteiger partial charge on any atom is 0.253 e. The average molecular weight is 262 g/mol. The lowest BCUT2D eigenvalue weighted by atomic mass is 10.2. The Kier molecular flexibility index (Phi) is 3.89. The molecule has 0 aliphatic heterocycles. The van der Waals surface area contributed by atoms with E-state index < -0.39 is 0 Å². The van der Waals surface area contributed by atoms with Crippen LogP contribution in [0.4, 0.5) is 0 Å². The van der Waals surface area contributed by atoms with Crippen molar-refractivity contribution in [2.75, 3.05) is 0 Å². The highest BCUT2D eigenvalue weighted by atomic mass is 35.5. The zero-order valence-electron chi connectivity index (χ0n) is 9.80. The molecule has 4 nitrogen and oxygen atoms in total. The van der Waals surface area contributed by atoms with Crippen LogP contribution in [-0.4, -0.2) is 15.9 Å². The number of nitrogens with zero attached hydrogens (tertiary/aromatic N) is 2. The Morgan fingerprint density at radius 1 is 1.28 bits per heavy atom. The standard InChI is InChI=1S/C13H12ClN3O/c1-9(11-4-2-3-7-15-11)17-13(18)10-5-6-12(14)16-8-10/h2-9H,1H3,(H,17,18). The minimum atomic E-state index is -0.197. The van der Waals surface area contributed by atoms with Crippen molar-refractivity contribution in [1.29, 1.82) is 0 Å². The molecule has 0 aliphatic carbocycles. The van der Waals surface area contributed by atoms with Crippen LogP contribution in [0.3, 0.4) is 0 Å². The number of nitrogens with one attached hydrogen (secondary N) is 1.